The van der Waals surface area contributed by atoms with Gasteiger partial charge in [-0.3, -0.25) is 0 Å². The molecule has 0 aromatic carbocycles. The fraction of sp³-hybridized carbons (Fsp3) is 0.571. The number of hydrogen-bond acceptors (Lipinski definition) is 6. The minimum atomic E-state index is 0.0247. The van der Waals surface area contributed by atoms with Crippen molar-refractivity contribution in [3.8, 4) is 0 Å². The quantitative estimate of drug-likeness (QED) is 0.813. The van der Waals surface area contributed by atoms with Gasteiger partial charge in [0.1, 0.15) is 24.3 Å². The Morgan fingerprint density at radius 1 is 1.24 bits per heavy atom. The molecule has 0 aliphatic rings. The summed E-state index contributed by atoms with van der Waals surface area (Å²) in [6, 6.07) is 0.0247. The highest BCUT2D eigenvalue weighted by Crippen LogP contribution is 2.24. The Balaban J connectivity index is 2.21. The summed E-state index contributed by atoms with van der Waals surface area (Å²) in [6.45, 7) is 7.19. The molecule has 0 amide bonds. The maximum absolute atomic E-state index is 4.38. The van der Waals surface area contributed by atoms with Crippen molar-refractivity contribution in [3.05, 3.63) is 24.0 Å². The van der Waals surface area contributed by atoms with Crippen LogP contribution in [0.5, 0.6) is 0 Å². The smallest absolute Gasteiger partial charge is 0.154 e. The summed E-state index contributed by atoms with van der Waals surface area (Å²) in [6.07, 6.45) is 5.21. The van der Waals surface area contributed by atoms with Gasteiger partial charge in [-0.1, -0.05) is 13.8 Å². The molecule has 2 heterocycles. The van der Waals surface area contributed by atoms with Crippen LogP contribution in [-0.4, -0.2) is 31.3 Å². The van der Waals surface area contributed by atoms with E-state index in [0.29, 0.717) is 0 Å². The van der Waals surface area contributed by atoms with Gasteiger partial charge in [0.15, 0.2) is 5.82 Å². The second-order valence-electron chi connectivity index (χ2n) is 5.00. The Morgan fingerprint density at radius 2 is 2.00 bits per heavy atom. The van der Waals surface area contributed by atoms with Crippen molar-refractivity contribution in [1.82, 2.24) is 24.7 Å². The van der Waals surface area contributed by atoms with Gasteiger partial charge in [0.2, 0.25) is 0 Å². The van der Waals surface area contributed by atoms with Crippen LogP contribution in [0.15, 0.2) is 12.7 Å². The molecule has 2 rings (SSSR count). The SMILES string of the molecule is CCCNc1ncnc(NC(C)c2nncn2C)c1CC. The van der Waals surface area contributed by atoms with E-state index < -0.39 is 0 Å². The summed E-state index contributed by atoms with van der Waals surface area (Å²) in [5.41, 5.74) is 1.10. The van der Waals surface area contributed by atoms with Crippen LogP contribution in [0.1, 0.15) is 44.6 Å². The average molecular weight is 289 g/mol. The molecule has 0 spiro atoms. The van der Waals surface area contributed by atoms with E-state index in [1.807, 2.05) is 18.5 Å². The molecule has 7 heteroatoms. The van der Waals surface area contributed by atoms with Crippen LogP contribution in [-0.2, 0) is 13.5 Å². The Bertz CT molecular complexity index is 578. The topological polar surface area (TPSA) is 80.6 Å². The van der Waals surface area contributed by atoms with E-state index >= 15 is 0 Å². The van der Waals surface area contributed by atoms with Crippen molar-refractivity contribution in [1.29, 1.82) is 0 Å². The fourth-order valence-electron chi connectivity index (χ4n) is 2.22. The van der Waals surface area contributed by atoms with Gasteiger partial charge in [0, 0.05) is 19.2 Å². The van der Waals surface area contributed by atoms with Crippen molar-refractivity contribution >= 4 is 11.6 Å². The Labute approximate surface area is 125 Å². The van der Waals surface area contributed by atoms with Crippen LogP contribution in [0.4, 0.5) is 11.6 Å². The summed E-state index contributed by atoms with van der Waals surface area (Å²) < 4.78 is 1.90. The van der Waals surface area contributed by atoms with Crippen molar-refractivity contribution in [2.24, 2.45) is 7.05 Å². The third-order valence-corrected chi connectivity index (χ3v) is 3.33. The van der Waals surface area contributed by atoms with Gasteiger partial charge in [-0.25, -0.2) is 9.97 Å². The molecule has 1 unspecified atom stereocenters. The van der Waals surface area contributed by atoms with E-state index in [9.17, 15) is 0 Å². The van der Waals surface area contributed by atoms with Gasteiger partial charge in [-0.2, -0.15) is 0 Å². The standard InChI is InChI=1S/C14H23N7/c1-5-7-15-12-11(6-2)13(17-8-16-12)19-10(3)14-20-18-9-21(14)4/h8-10H,5-7H2,1-4H3,(H2,15,16,17,19). The van der Waals surface area contributed by atoms with Crippen LogP contribution >= 0.6 is 0 Å². The fourth-order valence-corrected chi connectivity index (χ4v) is 2.22. The van der Waals surface area contributed by atoms with Crippen LogP contribution < -0.4 is 10.6 Å². The van der Waals surface area contributed by atoms with Gasteiger partial charge in [-0.05, 0) is 19.8 Å². The number of anilines is 2. The molecule has 0 fully saturated rings. The number of nitrogens with one attached hydrogen (secondary N) is 2. The first kappa shape index (κ1) is 15.2. The van der Waals surface area contributed by atoms with Crippen molar-refractivity contribution < 1.29 is 0 Å². The normalized spacial score (nSPS) is 12.2. The van der Waals surface area contributed by atoms with Gasteiger partial charge in [0.05, 0.1) is 6.04 Å². The summed E-state index contributed by atoms with van der Waals surface area (Å²) >= 11 is 0. The van der Waals surface area contributed by atoms with Gasteiger partial charge >= 0.3 is 0 Å². The Morgan fingerprint density at radius 3 is 2.62 bits per heavy atom. The molecule has 21 heavy (non-hydrogen) atoms. The second-order valence-corrected chi connectivity index (χ2v) is 5.00. The molecular formula is C14H23N7. The van der Waals surface area contributed by atoms with Crippen LogP contribution in [0, 0.1) is 0 Å². The summed E-state index contributed by atoms with van der Waals surface area (Å²) in [5.74, 6) is 2.63. The van der Waals surface area contributed by atoms with Gasteiger partial charge in [0.25, 0.3) is 0 Å². The molecule has 7 nitrogen and oxygen atoms in total. The third kappa shape index (κ3) is 3.48. The molecule has 0 bridgehead atoms. The van der Waals surface area contributed by atoms with E-state index in [2.05, 4.69) is 44.6 Å². The first-order valence-electron chi connectivity index (χ1n) is 7.35. The molecule has 2 aromatic heterocycles. The molecule has 114 valence electrons. The lowest BCUT2D eigenvalue weighted by Gasteiger charge is -2.18. The number of aryl methyl sites for hydroxylation is 1. The van der Waals surface area contributed by atoms with Gasteiger partial charge in [-0.15, -0.1) is 10.2 Å². The highest BCUT2D eigenvalue weighted by Gasteiger charge is 2.15. The molecular weight excluding hydrogens is 266 g/mol. The lowest BCUT2D eigenvalue weighted by atomic mass is 10.2. The lowest BCUT2D eigenvalue weighted by Crippen LogP contribution is -2.15. The first-order chi connectivity index (χ1) is 10.2. The molecule has 0 saturated heterocycles. The number of rotatable bonds is 7. The molecule has 0 saturated carbocycles. The Hall–Kier alpha value is -2.18. The van der Waals surface area contributed by atoms with E-state index in [4.69, 9.17) is 0 Å². The second kappa shape index (κ2) is 7.01. The number of hydrogen-bond donors (Lipinski definition) is 2. The molecule has 0 radical (unpaired) electrons. The molecule has 0 aliphatic heterocycles. The minimum Gasteiger partial charge on any atom is -0.370 e. The molecule has 2 N–H and O–H groups in total. The van der Waals surface area contributed by atoms with E-state index in [1.54, 1.807) is 12.7 Å². The zero-order valence-corrected chi connectivity index (χ0v) is 13.1. The maximum atomic E-state index is 4.38. The summed E-state index contributed by atoms with van der Waals surface area (Å²) in [7, 11) is 1.93. The largest absolute Gasteiger partial charge is 0.370 e. The van der Waals surface area contributed by atoms with Crippen molar-refractivity contribution in [2.75, 3.05) is 17.2 Å². The first-order valence-corrected chi connectivity index (χ1v) is 7.35. The monoisotopic (exact) mass is 289 g/mol. The zero-order valence-electron chi connectivity index (χ0n) is 13.1. The molecule has 0 aliphatic carbocycles. The molecule has 2 aromatic rings. The maximum Gasteiger partial charge on any atom is 0.154 e. The van der Waals surface area contributed by atoms with E-state index in [-0.39, 0.29) is 6.04 Å². The van der Waals surface area contributed by atoms with Gasteiger partial charge < -0.3 is 15.2 Å². The lowest BCUT2D eigenvalue weighted by molar-refractivity contribution is 0.714. The van der Waals surface area contributed by atoms with Crippen LogP contribution in [0.25, 0.3) is 0 Å². The van der Waals surface area contributed by atoms with Crippen molar-refractivity contribution in [2.45, 2.75) is 39.7 Å². The number of nitrogens with zero attached hydrogens (tertiary/aromatic N) is 5. The summed E-state index contributed by atoms with van der Waals surface area (Å²) in [5, 5.41) is 14.8. The van der Waals surface area contributed by atoms with Crippen molar-refractivity contribution in [3.63, 3.8) is 0 Å². The third-order valence-electron chi connectivity index (χ3n) is 3.33. The highest BCUT2D eigenvalue weighted by molar-refractivity contribution is 5.57. The molecule has 1 atom stereocenters. The predicted molar refractivity (Wildman–Crippen MR) is 83.2 cm³/mol. The Kier molecular flexibility index (Phi) is 5.08. The number of aromatic nitrogens is 5. The van der Waals surface area contributed by atoms with E-state index in [1.165, 1.54) is 0 Å². The van der Waals surface area contributed by atoms with Crippen LogP contribution in [0.2, 0.25) is 0 Å². The highest BCUT2D eigenvalue weighted by atomic mass is 15.3. The summed E-state index contributed by atoms with van der Waals surface area (Å²) in [4.78, 5) is 8.72. The average Bonchev–Trinajstić information content (AvgIpc) is 2.91. The predicted octanol–water partition coefficient (Wildman–Crippen LogP) is 2.16. The van der Waals surface area contributed by atoms with Crippen LogP contribution in [0.3, 0.4) is 0 Å². The minimum absolute atomic E-state index is 0.0247. The van der Waals surface area contributed by atoms with E-state index in [0.717, 1.165) is 42.4 Å². The zero-order chi connectivity index (χ0) is 15.2.